The van der Waals surface area contributed by atoms with Crippen molar-refractivity contribution in [1.82, 2.24) is 9.88 Å². The molecule has 4 heteroatoms. The second-order valence-electron chi connectivity index (χ2n) is 5.65. The summed E-state index contributed by atoms with van der Waals surface area (Å²) in [5.74, 6) is -0.270. The summed E-state index contributed by atoms with van der Waals surface area (Å²) in [5.41, 5.74) is 2.74. The topological polar surface area (TPSA) is 34.0 Å². The van der Waals surface area contributed by atoms with Gasteiger partial charge in [0.15, 0.2) is 0 Å². The summed E-state index contributed by atoms with van der Waals surface area (Å²) in [6.45, 7) is 0.435. The maximum absolute atomic E-state index is 13.5. The summed E-state index contributed by atoms with van der Waals surface area (Å²) in [7, 11) is 1.97. The third-order valence-corrected chi connectivity index (χ3v) is 4.00. The van der Waals surface area contributed by atoms with E-state index in [-0.39, 0.29) is 11.7 Å². The summed E-state index contributed by atoms with van der Waals surface area (Å²) in [6, 6.07) is 14.7. The molecule has 1 heterocycles. The summed E-state index contributed by atoms with van der Waals surface area (Å²) in [4.78, 5) is 12.1. The summed E-state index contributed by atoms with van der Waals surface area (Å²) < 4.78 is 15.5. The van der Waals surface area contributed by atoms with Crippen molar-refractivity contribution >= 4 is 16.8 Å². The Morgan fingerprint density at radius 3 is 2.65 bits per heavy atom. The van der Waals surface area contributed by atoms with Gasteiger partial charge < -0.3 is 9.88 Å². The molecular formula is C19H19FN2O. The number of nitrogens with zero attached hydrogens (tertiary/aromatic N) is 1. The average Bonchev–Trinajstić information content (AvgIpc) is 2.86. The minimum atomic E-state index is -0.226. The van der Waals surface area contributed by atoms with Crippen LogP contribution in [0.3, 0.4) is 0 Å². The van der Waals surface area contributed by atoms with Gasteiger partial charge in [-0.05, 0) is 29.7 Å². The second-order valence-corrected chi connectivity index (χ2v) is 5.65. The van der Waals surface area contributed by atoms with E-state index in [9.17, 15) is 9.18 Å². The Kier molecular flexibility index (Phi) is 4.42. The molecule has 0 aliphatic carbocycles. The molecule has 3 nitrogen and oxygen atoms in total. The Balaban J connectivity index is 1.60. The SMILES string of the molecule is Cn1cc(CC(=O)NCCc2ccccc2F)c2ccccc21. The van der Waals surface area contributed by atoms with Gasteiger partial charge in [0.1, 0.15) is 5.82 Å². The van der Waals surface area contributed by atoms with Crippen LogP contribution in [0, 0.1) is 5.82 Å². The first kappa shape index (κ1) is 15.3. The van der Waals surface area contributed by atoms with Crippen molar-refractivity contribution in [2.45, 2.75) is 12.8 Å². The molecule has 0 aliphatic heterocycles. The molecule has 3 aromatic rings. The maximum atomic E-state index is 13.5. The molecule has 0 spiro atoms. The molecule has 23 heavy (non-hydrogen) atoms. The van der Waals surface area contributed by atoms with Crippen LogP contribution in [0.4, 0.5) is 4.39 Å². The average molecular weight is 310 g/mol. The van der Waals surface area contributed by atoms with Crippen LogP contribution in [0.2, 0.25) is 0 Å². The fraction of sp³-hybridized carbons (Fsp3) is 0.211. The van der Waals surface area contributed by atoms with Crippen molar-refractivity contribution < 1.29 is 9.18 Å². The van der Waals surface area contributed by atoms with E-state index in [1.54, 1.807) is 18.2 Å². The van der Waals surface area contributed by atoms with Gasteiger partial charge in [0.25, 0.3) is 0 Å². The number of carbonyl (C=O) groups excluding carboxylic acids is 1. The number of hydrogen-bond donors (Lipinski definition) is 1. The normalized spacial score (nSPS) is 10.9. The molecule has 0 saturated heterocycles. The lowest BCUT2D eigenvalue weighted by molar-refractivity contribution is -0.120. The van der Waals surface area contributed by atoms with Gasteiger partial charge in [0.2, 0.25) is 5.91 Å². The number of benzene rings is 2. The molecule has 3 rings (SSSR count). The molecular weight excluding hydrogens is 291 g/mol. The van der Waals surface area contributed by atoms with Crippen LogP contribution >= 0.6 is 0 Å². The molecule has 0 aliphatic rings. The maximum Gasteiger partial charge on any atom is 0.224 e. The first-order valence-electron chi connectivity index (χ1n) is 7.68. The molecule has 0 fully saturated rings. The van der Waals surface area contributed by atoms with E-state index in [0.29, 0.717) is 24.9 Å². The molecule has 0 saturated carbocycles. The highest BCUT2D eigenvalue weighted by Crippen LogP contribution is 2.20. The standard InChI is InChI=1S/C19H19FN2O/c1-22-13-15(16-7-3-5-9-18(16)22)12-19(23)21-11-10-14-6-2-4-8-17(14)20/h2-9,13H,10-12H2,1H3,(H,21,23). The molecule has 1 aromatic heterocycles. The van der Waals surface area contributed by atoms with Crippen molar-refractivity contribution in [2.24, 2.45) is 7.05 Å². The highest BCUT2D eigenvalue weighted by Gasteiger charge is 2.10. The van der Waals surface area contributed by atoms with Crippen LogP contribution in [0.25, 0.3) is 10.9 Å². The van der Waals surface area contributed by atoms with Crippen molar-refractivity contribution in [3.05, 3.63) is 71.7 Å². The summed E-state index contributed by atoms with van der Waals surface area (Å²) in [6.07, 6.45) is 2.81. The fourth-order valence-corrected chi connectivity index (χ4v) is 2.84. The molecule has 2 aromatic carbocycles. The molecule has 0 radical (unpaired) electrons. The Bertz CT molecular complexity index is 838. The van der Waals surface area contributed by atoms with E-state index in [1.165, 1.54) is 6.07 Å². The zero-order chi connectivity index (χ0) is 16.2. The number of aromatic nitrogens is 1. The third kappa shape index (κ3) is 3.42. The zero-order valence-corrected chi connectivity index (χ0v) is 13.1. The first-order chi connectivity index (χ1) is 11.1. The number of amides is 1. The van der Waals surface area contributed by atoms with Gasteiger partial charge in [-0.15, -0.1) is 0 Å². The quantitative estimate of drug-likeness (QED) is 0.771. The molecule has 0 bridgehead atoms. The van der Waals surface area contributed by atoms with Gasteiger partial charge in [-0.25, -0.2) is 4.39 Å². The van der Waals surface area contributed by atoms with Crippen molar-refractivity contribution in [2.75, 3.05) is 6.54 Å². The van der Waals surface area contributed by atoms with E-state index in [4.69, 9.17) is 0 Å². The number of hydrogen-bond acceptors (Lipinski definition) is 1. The molecule has 1 N–H and O–H groups in total. The summed E-state index contributed by atoms with van der Waals surface area (Å²) in [5, 5.41) is 3.96. The number of aryl methyl sites for hydroxylation is 1. The van der Waals surface area contributed by atoms with E-state index in [0.717, 1.165) is 16.5 Å². The van der Waals surface area contributed by atoms with Gasteiger partial charge in [-0.1, -0.05) is 36.4 Å². The Morgan fingerprint density at radius 1 is 1.09 bits per heavy atom. The second kappa shape index (κ2) is 6.65. The number of carbonyl (C=O) groups is 1. The smallest absolute Gasteiger partial charge is 0.224 e. The van der Waals surface area contributed by atoms with Crippen LogP contribution in [0.15, 0.2) is 54.7 Å². The highest BCUT2D eigenvalue weighted by atomic mass is 19.1. The predicted molar refractivity (Wildman–Crippen MR) is 89.7 cm³/mol. The van der Waals surface area contributed by atoms with Crippen LogP contribution in [-0.4, -0.2) is 17.0 Å². The highest BCUT2D eigenvalue weighted by molar-refractivity contribution is 5.89. The zero-order valence-electron chi connectivity index (χ0n) is 13.1. The molecule has 0 atom stereocenters. The monoisotopic (exact) mass is 310 g/mol. The van der Waals surface area contributed by atoms with E-state index in [2.05, 4.69) is 5.32 Å². The minimum absolute atomic E-state index is 0.0438. The van der Waals surface area contributed by atoms with Crippen LogP contribution < -0.4 is 5.32 Å². The summed E-state index contributed by atoms with van der Waals surface area (Å²) >= 11 is 0. The lowest BCUT2D eigenvalue weighted by Gasteiger charge is -2.06. The predicted octanol–water partition coefficient (Wildman–Crippen LogP) is 3.22. The fourth-order valence-electron chi connectivity index (χ4n) is 2.84. The van der Waals surface area contributed by atoms with Crippen LogP contribution in [0.5, 0.6) is 0 Å². The number of nitrogens with one attached hydrogen (secondary N) is 1. The Labute approximate surface area is 134 Å². The van der Waals surface area contributed by atoms with Gasteiger partial charge >= 0.3 is 0 Å². The Morgan fingerprint density at radius 2 is 1.83 bits per heavy atom. The van der Waals surface area contributed by atoms with Gasteiger partial charge in [0, 0.05) is 30.7 Å². The van der Waals surface area contributed by atoms with E-state index in [1.807, 2.05) is 42.1 Å². The van der Waals surface area contributed by atoms with E-state index < -0.39 is 0 Å². The lowest BCUT2D eigenvalue weighted by atomic mass is 10.1. The molecule has 1 amide bonds. The van der Waals surface area contributed by atoms with Gasteiger partial charge in [-0.2, -0.15) is 0 Å². The van der Waals surface area contributed by atoms with Crippen molar-refractivity contribution in [1.29, 1.82) is 0 Å². The third-order valence-electron chi connectivity index (χ3n) is 4.00. The number of rotatable bonds is 5. The number of para-hydroxylation sites is 1. The molecule has 0 unspecified atom stereocenters. The lowest BCUT2D eigenvalue weighted by Crippen LogP contribution is -2.27. The Hall–Kier alpha value is -2.62. The van der Waals surface area contributed by atoms with Crippen molar-refractivity contribution in [3.63, 3.8) is 0 Å². The first-order valence-corrected chi connectivity index (χ1v) is 7.68. The van der Waals surface area contributed by atoms with Crippen LogP contribution in [0.1, 0.15) is 11.1 Å². The van der Waals surface area contributed by atoms with Gasteiger partial charge in [0.05, 0.1) is 6.42 Å². The van der Waals surface area contributed by atoms with E-state index >= 15 is 0 Å². The van der Waals surface area contributed by atoms with Gasteiger partial charge in [-0.3, -0.25) is 4.79 Å². The van der Waals surface area contributed by atoms with Crippen molar-refractivity contribution in [3.8, 4) is 0 Å². The largest absolute Gasteiger partial charge is 0.355 e. The number of fused-ring (bicyclic) bond motifs is 1. The molecule has 118 valence electrons. The minimum Gasteiger partial charge on any atom is -0.355 e. The van der Waals surface area contributed by atoms with Crippen LogP contribution in [-0.2, 0) is 24.7 Å². The number of halogens is 1.